The van der Waals surface area contributed by atoms with Crippen LogP contribution in [0, 0.1) is 5.92 Å². The van der Waals surface area contributed by atoms with Crippen molar-refractivity contribution in [3.05, 3.63) is 18.2 Å². The molecule has 2 rings (SSSR count). The van der Waals surface area contributed by atoms with Gasteiger partial charge in [-0.05, 0) is 18.8 Å². The number of imidazole rings is 1. The molecule has 0 bridgehead atoms. The molecule has 122 valence electrons. The summed E-state index contributed by atoms with van der Waals surface area (Å²) in [7, 11) is 0. The third-order valence-electron chi connectivity index (χ3n) is 4.03. The van der Waals surface area contributed by atoms with Crippen LogP contribution in [0.2, 0.25) is 0 Å². The molecule has 4 N–H and O–H groups in total. The van der Waals surface area contributed by atoms with E-state index in [-0.39, 0.29) is 23.9 Å². The maximum atomic E-state index is 11.5. The maximum Gasteiger partial charge on any atom is 0.320 e. The van der Waals surface area contributed by atoms with Crippen molar-refractivity contribution in [1.82, 2.24) is 20.6 Å². The normalized spacial score (nSPS) is 26.1. The van der Waals surface area contributed by atoms with Crippen molar-refractivity contribution in [1.29, 1.82) is 0 Å². The van der Waals surface area contributed by atoms with Gasteiger partial charge in [-0.1, -0.05) is 13.8 Å². The lowest BCUT2D eigenvalue weighted by molar-refractivity contribution is -0.139. The Kier molecular flexibility index (Phi) is 5.18. The van der Waals surface area contributed by atoms with E-state index in [9.17, 15) is 14.7 Å². The van der Waals surface area contributed by atoms with Crippen LogP contribution in [0.4, 0.5) is 0 Å². The third kappa shape index (κ3) is 3.85. The first-order valence-corrected chi connectivity index (χ1v) is 7.63. The summed E-state index contributed by atoms with van der Waals surface area (Å²) in [6.07, 6.45) is 4.63. The summed E-state index contributed by atoms with van der Waals surface area (Å²) in [6.45, 7) is 5.65. The monoisotopic (exact) mass is 308 g/mol. The Hall–Kier alpha value is -1.89. The summed E-state index contributed by atoms with van der Waals surface area (Å²) in [5.41, 5.74) is 0. The average molecular weight is 308 g/mol. The molecular weight excluding hydrogens is 284 g/mol. The predicted octanol–water partition coefficient (Wildman–Crippen LogP) is 0.859. The number of nitrogens with zero attached hydrogens (tertiary/aromatic N) is 1. The molecule has 7 heteroatoms. The molecule has 0 aliphatic carbocycles. The van der Waals surface area contributed by atoms with E-state index in [1.165, 1.54) is 6.92 Å². The van der Waals surface area contributed by atoms with Crippen molar-refractivity contribution in [3.8, 4) is 0 Å². The lowest BCUT2D eigenvalue weighted by Crippen LogP contribution is -2.51. The van der Waals surface area contributed by atoms with E-state index in [0.29, 0.717) is 12.3 Å². The zero-order chi connectivity index (χ0) is 16.3. The van der Waals surface area contributed by atoms with Gasteiger partial charge in [-0.15, -0.1) is 0 Å². The highest BCUT2D eigenvalue weighted by Gasteiger charge is 2.43. The van der Waals surface area contributed by atoms with Gasteiger partial charge in [0.15, 0.2) is 0 Å². The molecule has 0 aromatic carbocycles. The van der Waals surface area contributed by atoms with Crippen LogP contribution in [0.3, 0.4) is 0 Å². The number of aromatic amines is 1. The average Bonchev–Trinajstić information content (AvgIpc) is 3.06. The van der Waals surface area contributed by atoms with Gasteiger partial charge < -0.3 is 15.4 Å². The summed E-state index contributed by atoms with van der Waals surface area (Å²) < 4.78 is 0. The lowest BCUT2D eigenvalue weighted by Gasteiger charge is -2.30. The molecule has 1 saturated heterocycles. The van der Waals surface area contributed by atoms with Gasteiger partial charge in [-0.3, -0.25) is 14.9 Å². The number of carboxylic acids is 1. The summed E-state index contributed by atoms with van der Waals surface area (Å²) in [4.78, 5) is 30.2. The molecule has 1 aromatic rings. The summed E-state index contributed by atoms with van der Waals surface area (Å²) >= 11 is 0. The Bertz CT molecular complexity index is 515. The molecule has 0 saturated carbocycles. The zero-order valence-corrected chi connectivity index (χ0v) is 13.2. The van der Waals surface area contributed by atoms with Gasteiger partial charge in [0.05, 0.1) is 0 Å². The topological polar surface area (TPSA) is 107 Å². The molecule has 1 aromatic heterocycles. The van der Waals surface area contributed by atoms with Gasteiger partial charge in [-0.2, -0.15) is 0 Å². The number of aromatic nitrogens is 2. The number of nitrogens with one attached hydrogen (secondary N) is 3. The van der Waals surface area contributed by atoms with Crippen LogP contribution in [0.5, 0.6) is 0 Å². The number of H-pyrrole nitrogens is 1. The molecule has 1 fully saturated rings. The largest absolute Gasteiger partial charge is 0.480 e. The van der Waals surface area contributed by atoms with Crippen molar-refractivity contribution < 1.29 is 14.7 Å². The molecule has 0 unspecified atom stereocenters. The number of rotatable bonds is 6. The van der Waals surface area contributed by atoms with Crippen LogP contribution in [0.25, 0.3) is 0 Å². The maximum absolute atomic E-state index is 11.5. The van der Waals surface area contributed by atoms with Crippen molar-refractivity contribution in [2.45, 2.75) is 57.7 Å². The number of aliphatic carboxylic acids is 1. The van der Waals surface area contributed by atoms with Crippen LogP contribution in [0.1, 0.15) is 45.4 Å². The van der Waals surface area contributed by atoms with Crippen molar-refractivity contribution in [2.75, 3.05) is 0 Å². The van der Waals surface area contributed by atoms with Crippen LogP contribution < -0.4 is 10.6 Å². The lowest BCUT2D eigenvalue weighted by atomic mass is 9.88. The van der Waals surface area contributed by atoms with Crippen LogP contribution in [-0.4, -0.2) is 45.1 Å². The number of hydrogen-bond acceptors (Lipinski definition) is 4. The summed E-state index contributed by atoms with van der Waals surface area (Å²) in [6, 6.07) is -0.904. The molecular formula is C15H24N4O3. The minimum absolute atomic E-state index is 0.0632. The highest BCUT2D eigenvalue weighted by atomic mass is 16.4. The number of carboxylic acid groups (broad SMARTS) is 1. The number of hydrogen-bond donors (Lipinski definition) is 4. The molecule has 0 spiro atoms. The SMILES string of the molecule is CC(=O)N[C@@H](CC(C)C)[C@@H]1N[C@@H](C(=O)O)C[C@H]1c1ncc[nH]1. The highest BCUT2D eigenvalue weighted by Crippen LogP contribution is 2.32. The van der Waals surface area contributed by atoms with Crippen LogP contribution in [-0.2, 0) is 9.59 Å². The quantitative estimate of drug-likeness (QED) is 0.623. The minimum atomic E-state index is -0.870. The predicted molar refractivity (Wildman–Crippen MR) is 81.4 cm³/mol. The standard InChI is InChI=1S/C15H24N4O3/c1-8(2)6-11(18-9(3)20)13-10(14-16-4-5-17-14)7-12(19-13)15(21)22/h4-5,8,10-13,19H,6-7H2,1-3H3,(H,16,17)(H,18,20)(H,21,22)/t10-,11+,12-,13-/m1/s1. The van der Waals surface area contributed by atoms with Crippen molar-refractivity contribution in [3.63, 3.8) is 0 Å². The fourth-order valence-electron chi connectivity index (χ4n) is 3.21. The van der Waals surface area contributed by atoms with E-state index in [2.05, 4.69) is 34.4 Å². The Balaban J connectivity index is 2.25. The van der Waals surface area contributed by atoms with Gasteiger partial charge in [-0.25, -0.2) is 4.98 Å². The molecule has 1 aliphatic rings. The Morgan fingerprint density at radius 3 is 2.73 bits per heavy atom. The molecule has 0 radical (unpaired) electrons. The van der Waals surface area contributed by atoms with Gasteiger partial charge in [0.25, 0.3) is 0 Å². The summed E-state index contributed by atoms with van der Waals surface area (Å²) in [5.74, 6) is 0.112. The van der Waals surface area contributed by atoms with E-state index in [4.69, 9.17) is 0 Å². The van der Waals surface area contributed by atoms with Crippen LogP contribution >= 0.6 is 0 Å². The Morgan fingerprint density at radius 1 is 1.50 bits per heavy atom. The van der Waals surface area contributed by atoms with Crippen molar-refractivity contribution >= 4 is 11.9 Å². The second kappa shape index (κ2) is 6.91. The summed E-state index contributed by atoms with van der Waals surface area (Å²) in [5, 5.41) is 15.4. The fraction of sp³-hybridized carbons (Fsp3) is 0.667. The molecule has 2 heterocycles. The van der Waals surface area contributed by atoms with E-state index in [1.54, 1.807) is 12.4 Å². The van der Waals surface area contributed by atoms with E-state index < -0.39 is 12.0 Å². The second-order valence-electron chi connectivity index (χ2n) is 6.34. The van der Waals surface area contributed by atoms with E-state index in [0.717, 1.165) is 12.2 Å². The van der Waals surface area contributed by atoms with Gasteiger partial charge in [0.2, 0.25) is 5.91 Å². The molecule has 7 nitrogen and oxygen atoms in total. The number of amides is 1. The second-order valence-corrected chi connectivity index (χ2v) is 6.34. The Morgan fingerprint density at radius 2 is 2.23 bits per heavy atom. The molecule has 1 amide bonds. The van der Waals surface area contributed by atoms with E-state index in [1.807, 2.05) is 0 Å². The van der Waals surface area contributed by atoms with Gasteiger partial charge in [0.1, 0.15) is 11.9 Å². The first kappa shape index (κ1) is 16.5. The first-order chi connectivity index (χ1) is 10.4. The first-order valence-electron chi connectivity index (χ1n) is 7.63. The van der Waals surface area contributed by atoms with Gasteiger partial charge >= 0.3 is 5.97 Å². The molecule has 22 heavy (non-hydrogen) atoms. The Labute approximate surface area is 129 Å². The van der Waals surface area contributed by atoms with E-state index >= 15 is 0 Å². The highest BCUT2D eigenvalue weighted by molar-refractivity contribution is 5.75. The zero-order valence-electron chi connectivity index (χ0n) is 13.2. The minimum Gasteiger partial charge on any atom is -0.480 e. The van der Waals surface area contributed by atoms with Gasteiger partial charge in [0, 0.05) is 37.3 Å². The van der Waals surface area contributed by atoms with Crippen molar-refractivity contribution in [2.24, 2.45) is 5.92 Å². The number of carbonyl (C=O) groups is 2. The molecule has 4 atom stereocenters. The van der Waals surface area contributed by atoms with Crippen LogP contribution in [0.15, 0.2) is 12.4 Å². The third-order valence-corrected chi connectivity index (χ3v) is 4.03. The fourth-order valence-corrected chi connectivity index (χ4v) is 3.21. The molecule has 1 aliphatic heterocycles. The number of carbonyl (C=O) groups excluding carboxylic acids is 1. The smallest absolute Gasteiger partial charge is 0.320 e.